The molecule has 0 aliphatic rings. The number of hydrogen-bond donors (Lipinski definition) is 1. The Balaban J connectivity index is 1.43. The summed E-state index contributed by atoms with van der Waals surface area (Å²) in [6.45, 7) is 1.89. The number of ether oxygens (including phenoxy) is 1. The highest BCUT2D eigenvalue weighted by Gasteiger charge is 2.28. The molecule has 1 heterocycles. The summed E-state index contributed by atoms with van der Waals surface area (Å²) < 4.78 is 12.0. The Bertz CT molecular complexity index is 1170. The Kier molecular flexibility index (Phi) is 6.72. The van der Waals surface area contributed by atoms with Crippen molar-refractivity contribution in [1.82, 2.24) is 5.27 Å². The van der Waals surface area contributed by atoms with Crippen LogP contribution in [0.1, 0.15) is 13.3 Å². The lowest BCUT2D eigenvalue weighted by Crippen LogP contribution is -2.36. The number of hydrogen-bond acceptors (Lipinski definition) is 6. The second-order valence-corrected chi connectivity index (χ2v) is 8.05. The molecule has 0 radical (unpaired) electrons. The van der Waals surface area contributed by atoms with Gasteiger partial charge in [-0.15, -0.1) is 0 Å². The molecular formula is C24H21N3O4S. The van der Waals surface area contributed by atoms with Gasteiger partial charge < -0.3 is 19.7 Å². The van der Waals surface area contributed by atoms with Crippen LogP contribution in [-0.2, 0) is 4.79 Å². The van der Waals surface area contributed by atoms with Gasteiger partial charge in [-0.25, -0.2) is 0 Å². The molecule has 0 spiro atoms. The molecule has 0 aliphatic heterocycles. The lowest BCUT2D eigenvalue weighted by molar-refractivity contribution is -0.705. The first-order valence-electron chi connectivity index (χ1n) is 10.1. The zero-order valence-electron chi connectivity index (χ0n) is 17.3. The molecule has 4 rings (SSSR count). The molecule has 0 bridgehead atoms. The Hall–Kier alpha value is -3.78. The molecule has 1 atom stereocenters. The number of para-hydroxylation sites is 2. The van der Waals surface area contributed by atoms with E-state index in [2.05, 4.69) is 10.6 Å². The van der Waals surface area contributed by atoms with Crippen molar-refractivity contribution in [3.63, 3.8) is 0 Å². The molecule has 7 nitrogen and oxygen atoms in total. The van der Waals surface area contributed by atoms with E-state index in [0.29, 0.717) is 23.5 Å². The third-order valence-corrected chi connectivity index (χ3v) is 5.99. The molecule has 1 amide bonds. The lowest BCUT2D eigenvalue weighted by atomic mass is 10.2. The van der Waals surface area contributed by atoms with Gasteiger partial charge in [-0.05, 0) is 59.3 Å². The topological polar surface area (TPSA) is 91.3 Å². The molecule has 8 heteroatoms. The van der Waals surface area contributed by atoms with E-state index in [9.17, 15) is 9.90 Å². The van der Waals surface area contributed by atoms with Crippen molar-refractivity contribution in [2.45, 2.75) is 23.6 Å². The van der Waals surface area contributed by atoms with Crippen LogP contribution < -0.4 is 19.8 Å². The first kappa shape index (κ1) is 21.5. The van der Waals surface area contributed by atoms with Crippen LogP contribution >= 0.6 is 11.8 Å². The first-order chi connectivity index (χ1) is 15.6. The Morgan fingerprint density at radius 2 is 1.66 bits per heavy atom. The van der Waals surface area contributed by atoms with Crippen LogP contribution in [0.4, 0.5) is 5.69 Å². The minimum absolute atomic E-state index is 0.213. The smallest absolute Gasteiger partial charge is 0.298 e. The highest BCUT2D eigenvalue weighted by molar-refractivity contribution is 8.00. The maximum atomic E-state index is 12.9. The fraction of sp³-hybridized carbons (Fsp3) is 0.125. The maximum absolute atomic E-state index is 12.9. The number of amides is 1. The number of benzene rings is 3. The summed E-state index contributed by atoms with van der Waals surface area (Å²) in [6, 6.07) is 25.8. The van der Waals surface area contributed by atoms with Crippen molar-refractivity contribution in [3.05, 3.63) is 84.9 Å². The van der Waals surface area contributed by atoms with Crippen molar-refractivity contribution in [1.29, 1.82) is 0 Å². The predicted octanol–water partition coefficient (Wildman–Crippen LogP) is 4.33. The molecule has 1 N–H and O–H groups in total. The maximum Gasteiger partial charge on any atom is 0.298 e. The molecule has 0 aliphatic carbocycles. The number of rotatable bonds is 8. The third kappa shape index (κ3) is 5.09. The molecule has 4 aromatic rings. The molecule has 32 heavy (non-hydrogen) atoms. The molecule has 0 saturated carbocycles. The van der Waals surface area contributed by atoms with E-state index in [1.165, 1.54) is 4.68 Å². The molecule has 1 aromatic heterocycles. The average molecular weight is 448 g/mol. The van der Waals surface area contributed by atoms with Gasteiger partial charge in [0.15, 0.2) is 5.95 Å². The average Bonchev–Trinajstić information content (AvgIpc) is 3.20. The molecular weight excluding hydrogens is 426 g/mol. The Labute approximate surface area is 189 Å². The van der Waals surface area contributed by atoms with Gasteiger partial charge in [0.2, 0.25) is 11.6 Å². The fourth-order valence-corrected chi connectivity index (χ4v) is 3.96. The van der Waals surface area contributed by atoms with E-state index in [-0.39, 0.29) is 10.9 Å². The summed E-state index contributed by atoms with van der Waals surface area (Å²) in [4.78, 5) is 12.9. The van der Waals surface area contributed by atoms with Gasteiger partial charge in [0, 0.05) is 17.8 Å². The second-order valence-electron chi connectivity index (χ2n) is 6.86. The summed E-state index contributed by atoms with van der Waals surface area (Å²) in [5.41, 5.74) is 1.32. The zero-order valence-corrected chi connectivity index (χ0v) is 18.1. The summed E-state index contributed by atoms with van der Waals surface area (Å²) in [5.74, 6) is 0.613. The largest absolute Gasteiger partial charge is 0.538 e. The van der Waals surface area contributed by atoms with E-state index in [0.717, 1.165) is 17.5 Å². The van der Waals surface area contributed by atoms with Crippen LogP contribution in [0, 0.1) is 0 Å². The number of thioether (sulfide) groups is 1. The van der Waals surface area contributed by atoms with E-state index in [1.54, 1.807) is 24.3 Å². The SMILES string of the molecule is CCC(Sc1c([O-])on[n+]1-c1ccccc1)C(=O)Nc1ccc(Oc2ccccc2)cc1. The van der Waals surface area contributed by atoms with Gasteiger partial charge in [-0.1, -0.05) is 43.3 Å². The molecule has 0 fully saturated rings. The number of carbonyl (C=O) groups excluding carboxylic acids is 1. The minimum Gasteiger partial charge on any atom is -0.538 e. The van der Waals surface area contributed by atoms with Gasteiger partial charge in [0.25, 0.3) is 5.03 Å². The first-order valence-corrected chi connectivity index (χ1v) is 11.0. The van der Waals surface area contributed by atoms with Crippen molar-refractivity contribution >= 4 is 23.4 Å². The Morgan fingerprint density at radius 1 is 1.03 bits per heavy atom. The van der Waals surface area contributed by atoms with Crippen molar-refractivity contribution in [3.8, 4) is 23.1 Å². The third-order valence-electron chi connectivity index (χ3n) is 4.59. The van der Waals surface area contributed by atoms with Gasteiger partial charge in [0.1, 0.15) is 11.5 Å². The monoisotopic (exact) mass is 447 g/mol. The normalized spacial score (nSPS) is 11.7. The zero-order chi connectivity index (χ0) is 22.3. The number of nitrogens with one attached hydrogen (secondary N) is 1. The van der Waals surface area contributed by atoms with Crippen LogP contribution in [0.25, 0.3) is 5.69 Å². The standard InChI is InChI=1S/C24H21N3O4S/c1-2-21(32-23-24(29)31-26-27(23)18-9-5-3-6-10-18)22(28)25-17-13-15-20(16-14-17)30-19-11-7-4-8-12-19/h3-16,21H,2H2,1H3,(H-,25,26,28,29). The van der Waals surface area contributed by atoms with Gasteiger partial charge >= 0.3 is 0 Å². The van der Waals surface area contributed by atoms with E-state index >= 15 is 0 Å². The summed E-state index contributed by atoms with van der Waals surface area (Å²) in [6.07, 6.45) is 0.519. The van der Waals surface area contributed by atoms with Crippen LogP contribution in [0.2, 0.25) is 0 Å². The summed E-state index contributed by atoms with van der Waals surface area (Å²) in [7, 11) is 0. The van der Waals surface area contributed by atoms with Gasteiger partial charge in [-0.3, -0.25) is 4.79 Å². The number of aromatic nitrogens is 2. The number of carbonyl (C=O) groups is 1. The minimum atomic E-state index is -0.576. The van der Waals surface area contributed by atoms with E-state index in [4.69, 9.17) is 9.26 Å². The fourth-order valence-electron chi connectivity index (χ4n) is 2.98. The molecule has 162 valence electrons. The van der Waals surface area contributed by atoms with Crippen LogP contribution in [0.3, 0.4) is 0 Å². The van der Waals surface area contributed by atoms with Crippen molar-refractivity contribution in [2.75, 3.05) is 5.32 Å². The van der Waals surface area contributed by atoms with Crippen molar-refractivity contribution in [2.24, 2.45) is 0 Å². The summed E-state index contributed by atoms with van der Waals surface area (Å²) in [5, 5.41) is 18.7. The highest BCUT2D eigenvalue weighted by atomic mass is 32.2. The lowest BCUT2D eigenvalue weighted by Gasteiger charge is -2.13. The number of anilines is 1. The molecule has 1 unspecified atom stereocenters. The predicted molar refractivity (Wildman–Crippen MR) is 119 cm³/mol. The van der Waals surface area contributed by atoms with Gasteiger partial charge in [-0.2, -0.15) is 0 Å². The second kappa shape index (κ2) is 10.0. The van der Waals surface area contributed by atoms with E-state index < -0.39 is 11.2 Å². The van der Waals surface area contributed by atoms with Gasteiger partial charge in [0.05, 0.1) is 10.5 Å². The van der Waals surface area contributed by atoms with Crippen LogP contribution in [-0.4, -0.2) is 16.4 Å². The Morgan fingerprint density at radius 3 is 2.31 bits per heavy atom. The van der Waals surface area contributed by atoms with E-state index in [1.807, 2.05) is 67.6 Å². The van der Waals surface area contributed by atoms with Crippen molar-refractivity contribution < 1.29 is 23.8 Å². The molecule has 0 saturated heterocycles. The quantitative estimate of drug-likeness (QED) is 0.319. The van der Waals surface area contributed by atoms with Crippen LogP contribution in [0.15, 0.2) is 94.5 Å². The highest BCUT2D eigenvalue weighted by Crippen LogP contribution is 2.30. The number of nitrogens with zero attached hydrogens (tertiary/aromatic N) is 2. The van der Waals surface area contributed by atoms with Crippen LogP contribution in [0.5, 0.6) is 17.4 Å². The summed E-state index contributed by atoms with van der Waals surface area (Å²) >= 11 is 1.13. The molecule has 3 aromatic carbocycles.